The fourth-order valence-electron chi connectivity index (χ4n) is 5.08. The molecule has 0 fully saturated rings. The van der Waals surface area contributed by atoms with Gasteiger partial charge in [0.05, 0.1) is 31.0 Å². The van der Waals surface area contributed by atoms with Gasteiger partial charge in [0.15, 0.2) is 0 Å². The minimum absolute atomic E-state index is 0.0596. The maximum Gasteiger partial charge on any atom is 0.416 e. The van der Waals surface area contributed by atoms with Crippen LogP contribution in [-0.2, 0) is 17.5 Å². The van der Waals surface area contributed by atoms with E-state index in [1.54, 1.807) is 30.2 Å². The van der Waals surface area contributed by atoms with Crippen LogP contribution in [0.25, 0.3) is 0 Å². The van der Waals surface area contributed by atoms with Crippen molar-refractivity contribution in [3.63, 3.8) is 0 Å². The molecule has 0 saturated heterocycles. The summed E-state index contributed by atoms with van der Waals surface area (Å²) >= 11 is 0. The molecule has 184 valence electrons. The Kier molecular flexibility index (Phi) is 5.17. The molecule has 5 nitrogen and oxygen atoms in total. The standard InChI is InChI=1S/C27H22F4N4O/c1-36-24-10-4-9-23-21(24)14-20-16-33(11-12-34(20)23)26-32-25-17(5-2-8-22(25)28)15-35(26)19-7-3-6-18(13-19)27(29,30)31/h2-10,13-14,16,23H,11-12,15H2,1H3. The zero-order valence-electron chi connectivity index (χ0n) is 19.3. The molecule has 0 N–H and O–H groups in total. The summed E-state index contributed by atoms with van der Waals surface area (Å²) < 4.78 is 60.7. The van der Waals surface area contributed by atoms with Crippen LogP contribution in [-0.4, -0.2) is 42.0 Å². The molecule has 9 heteroatoms. The van der Waals surface area contributed by atoms with E-state index < -0.39 is 17.6 Å². The Bertz CT molecular complexity index is 1390. The molecule has 2 aromatic carbocycles. The highest BCUT2D eigenvalue weighted by Crippen LogP contribution is 2.39. The average Bonchev–Trinajstić information content (AvgIpc) is 3.26. The Labute approximate surface area is 205 Å². The summed E-state index contributed by atoms with van der Waals surface area (Å²) in [5.74, 6) is 0.709. The number of methoxy groups -OCH3 is 1. The molecular formula is C27H22F4N4O. The van der Waals surface area contributed by atoms with Gasteiger partial charge in [-0.2, -0.15) is 13.2 Å². The summed E-state index contributed by atoms with van der Waals surface area (Å²) in [5, 5.41) is 0. The van der Waals surface area contributed by atoms with Gasteiger partial charge in [0, 0.05) is 36.1 Å². The molecule has 1 unspecified atom stereocenters. The molecule has 3 heterocycles. The number of fused-ring (bicyclic) bond motifs is 4. The van der Waals surface area contributed by atoms with Crippen molar-refractivity contribution >= 4 is 17.3 Å². The van der Waals surface area contributed by atoms with E-state index in [1.807, 2.05) is 29.3 Å². The van der Waals surface area contributed by atoms with Gasteiger partial charge in [0.2, 0.25) is 5.96 Å². The zero-order chi connectivity index (χ0) is 25.0. The highest BCUT2D eigenvalue weighted by Gasteiger charge is 2.37. The number of aliphatic imine (C=N–C) groups is 1. The first kappa shape index (κ1) is 22.5. The van der Waals surface area contributed by atoms with Gasteiger partial charge in [0.1, 0.15) is 17.3 Å². The van der Waals surface area contributed by atoms with Gasteiger partial charge < -0.3 is 19.4 Å². The van der Waals surface area contributed by atoms with Crippen LogP contribution < -0.4 is 4.90 Å². The number of halogens is 4. The fraction of sp³-hybridized carbons (Fsp3) is 0.222. The van der Waals surface area contributed by atoms with Gasteiger partial charge in [0.25, 0.3) is 0 Å². The minimum Gasteiger partial charge on any atom is -0.496 e. The number of alkyl halides is 3. The number of ether oxygens (including phenoxy) is 1. The van der Waals surface area contributed by atoms with Crippen molar-refractivity contribution in [2.75, 3.05) is 25.1 Å². The third-order valence-electron chi connectivity index (χ3n) is 6.80. The van der Waals surface area contributed by atoms with E-state index in [0.29, 0.717) is 30.3 Å². The number of benzene rings is 2. The van der Waals surface area contributed by atoms with E-state index in [0.717, 1.165) is 29.2 Å². The second-order valence-electron chi connectivity index (χ2n) is 8.90. The first-order chi connectivity index (χ1) is 17.3. The van der Waals surface area contributed by atoms with Crippen molar-refractivity contribution in [3.8, 4) is 0 Å². The summed E-state index contributed by atoms with van der Waals surface area (Å²) in [4.78, 5) is 10.5. The lowest BCUT2D eigenvalue weighted by atomic mass is 10.0. The van der Waals surface area contributed by atoms with Crippen LogP contribution >= 0.6 is 0 Å². The summed E-state index contributed by atoms with van der Waals surface area (Å²) in [6.45, 7) is 1.37. The second kappa shape index (κ2) is 8.29. The van der Waals surface area contributed by atoms with E-state index in [-0.39, 0.29) is 18.3 Å². The molecule has 0 spiro atoms. The van der Waals surface area contributed by atoms with E-state index in [4.69, 9.17) is 4.74 Å². The van der Waals surface area contributed by atoms with Crippen LogP contribution in [0.1, 0.15) is 11.1 Å². The summed E-state index contributed by atoms with van der Waals surface area (Å²) in [5.41, 5.74) is 2.39. The van der Waals surface area contributed by atoms with Gasteiger partial charge in [-0.3, -0.25) is 0 Å². The number of para-hydroxylation sites is 1. The lowest BCUT2D eigenvalue weighted by Crippen LogP contribution is -2.49. The average molecular weight is 494 g/mol. The molecular weight excluding hydrogens is 472 g/mol. The maximum atomic E-state index is 14.7. The molecule has 0 aromatic heterocycles. The molecule has 2 aromatic rings. The van der Waals surface area contributed by atoms with Gasteiger partial charge >= 0.3 is 6.18 Å². The molecule has 36 heavy (non-hydrogen) atoms. The fourth-order valence-corrected chi connectivity index (χ4v) is 5.08. The summed E-state index contributed by atoms with van der Waals surface area (Å²) in [7, 11) is 1.64. The molecule has 6 rings (SSSR count). The molecule has 0 radical (unpaired) electrons. The SMILES string of the molecule is COC1=CC=CC2C1=CC1=CN(C3=Nc4c(F)cccc4CN3c3cccc(C(F)(F)F)c3)CCN12. The van der Waals surface area contributed by atoms with Crippen LogP contribution in [0.4, 0.5) is 28.9 Å². The quantitative estimate of drug-likeness (QED) is 0.500. The first-order valence-electron chi connectivity index (χ1n) is 11.5. The highest BCUT2D eigenvalue weighted by atomic mass is 19.4. The topological polar surface area (TPSA) is 31.3 Å². The molecule has 0 amide bonds. The third kappa shape index (κ3) is 3.66. The number of guanidine groups is 1. The molecule has 0 bridgehead atoms. The molecule has 0 saturated carbocycles. The van der Waals surface area contributed by atoms with Crippen molar-refractivity contribution in [2.45, 2.75) is 18.8 Å². The van der Waals surface area contributed by atoms with Crippen molar-refractivity contribution in [3.05, 3.63) is 107 Å². The van der Waals surface area contributed by atoms with Crippen LogP contribution in [0.5, 0.6) is 0 Å². The van der Waals surface area contributed by atoms with E-state index in [9.17, 15) is 17.6 Å². The largest absolute Gasteiger partial charge is 0.496 e. The Hall–Kier alpha value is -4.01. The number of nitrogens with zero attached hydrogens (tertiary/aromatic N) is 4. The van der Waals surface area contributed by atoms with Crippen molar-refractivity contribution in [1.82, 2.24) is 9.80 Å². The lowest BCUT2D eigenvalue weighted by Gasteiger charge is -2.40. The van der Waals surface area contributed by atoms with Gasteiger partial charge in [-0.1, -0.05) is 30.4 Å². The minimum atomic E-state index is -4.48. The third-order valence-corrected chi connectivity index (χ3v) is 6.80. The van der Waals surface area contributed by atoms with E-state index in [2.05, 4.69) is 16.0 Å². The predicted molar refractivity (Wildman–Crippen MR) is 129 cm³/mol. The Morgan fingerprint density at radius 1 is 1.08 bits per heavy atom. The predicted octanol–water partition coefficient (Wildman–Crippen LogP) is 5.72. The van der Waals surface area contributed by atoms with Crippen molar-refractivity contribution in [1.29, 1.82) is 0 Å². The Morgan fingerprint density at radius 2 is 1.92 bits per heavy atom. The van der Waals surface area contributed by atoms with Gasteiger partial charge in [-0.05, 0) is 36.4 Å². The number of rotatable bonds is 2. The zero-order valence-corrected chi connectivity index (χ0v) is 19.3. The van der Waals surface area contributed by atoms with E-state index >= 15 is 0 Å². The van der Waals surface area contributed by atoms with Crippen molar-refractivity contribution < 1.29 is 22.3 Å². The number of anilines is 1. The van der Waals surface area contributed by atoms with Crippen LogP contribution in [0.2, 0.25) is 0 Å². The summed E-state index contributed by atoms with van der Waals surface area (Å²) in [6.07, 6.45) is 5.47. The molecule has 3 aliphatic heterocycles. The molecule has 1 aliphatic carbocycles. The monoisotopic (exact) mass is 494 g/mol. The van der Waals surface area contributed by atoms with Crippen LogP contribution in [0.15, 0.2) is 95.0 Å². The Balaban J connectivity index is 1.43. The second-order valence-corrected chi connectivity index (χ2v) is 8.90. The normalized spacial score (nSPS) is 20.7. The van der Waals surface area contributed by atoms with Crippen LogP contribution in [0, 0.1) is 5.82 Å². The first-order valence-corrected chi connectivity index (χ1v) is 11.5. The Morgan fingerprint density at radius 3 is 2.72 bits per heavy atom. The van der Waals surface area contributed by atoms with Gasteiger partial charge in [-0.25, -0.2) is 9.38 Å². The summed E-state index contributed by atoms with van der Waals surface area (Å²) in [6, 6.07) is 9.87. The van der Waals surface area contributed by atoms with E-state index in [1.165, 1.54) is 12.1 Å². The number of allylic oxidation sites excluding steroid dienone is 3. The maximum absolute atomic E-state index is 14.7. The molecule has 4 aliphatic rings. The van der Waals surface area contributed by atoms with Crippen molar-refractivity contribution in [2.24, 2.45) is 4.99 Å². The highest BCUT2D eigenvalue weighted by molar-refractivity contribution is 6.00. The smallest absolute Gasteiger partial charge is 0.416 e. The molecule has 1 atom stereocenters. The van der Waals surface area contributed by atoms with Crippen LogP contribution in [0.3, 0.4) is 0 Å². The number of hydrogen-bond donors (Lipinski definition) is 0. The van der Waals surface area contributed by atoms with Gasteiger partial charge in [-0.15, -0.1) is 0 Å². The number of hydrogen-bond acceptors (Lipinski definition) is 5. The lowest BCUT2D eigenvalue weighted by molar-refractivity contribution is -0.137.